The first-order valence-electron chi connectivity index (χ1n) is 4.58. The molecule has 0 saturated carbocycles. The van der Waals surface area contributed by atoms with Gasteiger partial charge in [0.25, 0.3) is 0 Å². The lowest BCUT2D eigenvalue weighted by Gasteiger charge is -2.14. The van der Waals surface area contributed by atoms with E-state index in [4.69, 9.17) is 5.73 Å². The number of nitrogens with zero attached hydrogens (tertiary/aromatic N) is 1. The van der Waals surface area contributed by atoms with E-state index in [9.17, 15) is 4.79 Å². The first-order chi connectivity index (χ1) is 6.61. The Morgan fingerprint density at radius 2 is 2.21 bits per heavy atom. The summed E-state index contributed by atoms with van der Waals surface area (Å²) in [5, 5.41) is 2.77. The molecule has 0 saturated heterocycles. The number of nitrogens with two attached hydrogens (primary N) is 1. The van der Waals surface area contributed by atoms with Crippen LogP contribution in [0.5, 0.6) is 0 Å². The predicted molar refractivity (Wildman–Crippen MR) is 54.4 cm³/mol. The van der Waals surface area contributed by atoms with E-state index in [1.165, 1.54) is 0 Å². The van der Waals surface area contributed by atoms with Crippen LogP contribution in [-0.4, -0.2) is 16.9 Å². The molecule has 1 heterocycles. The molecule has 0 aromatic carbocycles. The summed E-state index contributed by atoms with van der Waals surface area (Å²) in [5.74, 6) is -0.164. The third-order valence-electron chi connectivity index (χ3n) is 1.90. The van der Waals surface area contributed by atoms with Crippen molar-refractivity contribution in [2.75, 3.05) is 0 Å². The minimum Gasteiger partial charge on any atom is -0.347 e. The van der Waals surface area contributed by atoms with E-state index in [1.54, 1.807) is 13.1 Å². The third kappa shape index (κ3) is 2.81. The molecule has 4 nitrogen and oxygen atoms in total. The molecule has 76 valence electrons. The van der Waals surface area contributed by atoms with Crippen LogP contribution in [0.1, 0.15) is 25.6 Å². The standard InChI is InChI=1S/C10H15N3O/c1-7(11)10(14)13-8(2)9-5-3-4-6-12-9/h3-8H,11H2,1-2H3,(H,13,14)/t7-,8?/m0/s1. The molecule has 1 rings (SSSR count). The van der Waals surface area contributed by atoms with E-state index < -0.39 is 6.04 Å². The van der Waals surface area contributed by atoms with Crippen molar-refractivity contribution in [3.63, 3.8) is 0 Å². The van der Waals surface area contributed by atoms with Crippen molar-refractivity contribution in [1.82, 2.24) is 10.3 Å². The highest BCUT2D eigenvalue weighted by atomic mass is 16.2. The van der Waals surface area contributed by atoms with E-state index in [-0.39, 0.29) is 11.9 Å². The highest BCUT2D eigenvalue weighted by molar-refractivity contribution is 5.81. The summed E-state index contributed by atoms with van der Waals surface area (Å²) in [6.45, 7) is 3.53. The summed E-state index contributed by atoms with van der Waals surface area (Å²) in [6, 6.07) is 5.00. The second-order valence-electron chi connectivity index (χ2n) is 3.27. The molecule has 1 unspecified atom stereocenters. The molecule has 1 aromatic heterocycles. The molecule has 1 aromatic rings. The van der Waals surface area contributed by atoms with Crippen molar-refractivity contribution < 1.29 is 4.79 Å². The minimum atomic E-state index is -0.485. The summed E-state index contributed by atoms with van der Waals surface area (Å²) in [4.78, 5) is 15.4. The fourth-order valence-corrected chi connectivity index (χ4v) is 1.05. The minimum absolute atomic E-state index is 0.102. The SMILES string of the molecule is CC(NC(=O)[C@H](C)N)c1ccccn1. The summed E-state index contributed by atoms with van der Waals surface area (Å²) >= 11 is 0. The number of carbonyl (C=O) groups is 1. The maximum atomic E-state index is 11.3. The topological polar surface area (TPSA) is 68.0 Å². The van der Waals surface area contributed by atoms with Gasteiger partial charge in [0.1, 0.15) is 0 Å². The van der Waals surface area contributed by atoms with E-state index in [0.29, 0.717) is 0 Å². The third-order valence-corrected chi connectivity index (χ3v) is 1.90. The number of amides is 1. The van der Waals surface area contributed by atoms with Crippen molar-refractivity contribution >= 4 is 5.91 Å². The maximum absolute atomic E-state index is 11.3. The summed E-state index contributed by atoms with van der Waals surface area (Å²) < 4.78 is 0. The van der Waals surface area contributed by atoms with Crippen LogP contribution < -0.4 is 11.1 Å². The van der Waals surface area contributed by atoms with Gasteiger partial charge in [-0.25, -0.2) is 0 Å². The van der Waals surface area contributed by atoms with Gasteiger partial charge in [0, 0.05) is 6.20 Å². The molecule has 0 spiro atoms. The number of carbonyl (C=O) groups excluding carboxylic acids is 1. The summed E-state index contributed by atoms with van der Waals surface area (Å²) in [5.41, 5.74) is 6.26. The Hall–Kier alpha value is -1.42. The first kappa shape index (κ1) is 10.7. The van der Waals surface area contributed by atoms with Gasteiger partial charge >= 0.3 is 0 Å². The lowest BCUT2D eigenvalue weighted by Crippen LogP contribution is -2.39. The Balaban J connectivity index is 2.59. The highest BCUT2D eigenvalue weighted by Gasteiger charge is 2.12. The highest BCUT2D eigenvalue weighted by Crippen LogP contribution is 2.07. The number of nitrogens with one attached hydrogen (secondary N) is 1. The molecular formula is C10H15N3O. The zero-order valence-corrected chi connectivity index (χ0v) is 8.40. The average Bonchev–Trinajstić information content (AvgIpc) is 2.19. The van der Waals surface area contributed by atoms with Crippen LogP contribution >= 0.6 is 0 Å². The van der Waals surface area contributed by atoms with Crippen molar-refractivity contribution in [3.8, 4) is 0 Å². The lowest BCUT2D eigenvalue weighted by atomic mass is 10.2. The van der Waals surface area contributed by atoms with Gasteiger partial charge < -0.3 is 11.1 Å². The van der Waals surface area contributed by atoms with Crippen LogP contribution in [0.15, 0.2) is 24.4 Å². The monoisotopic (exact) mass is 193 g/mol. The molecule has 0 fully saturated rings. The van der Waals surface area contributed by atoms with Crippen LogP contribution in [0.4, 0.5) is 0 Å². The van der Waals surface area contributed by atoms with Crippen molar-refractivity contribution in [2.24, 2.45) is 5.73 Å². The van der Waals surface area contributed by atoms with Gasteiger partial charge in [-0.1, -0.05) is 6.07 Å². The van der Waals surface area contributed by atoms with Crippen LogP contribution in [0.2, 0.25) is 0 Å². The second-order valence-corrected chi connectivity index (χ2v) is 3.27. The van der Waals surface area contributed by atoms with Gasteiger partial charge in [0.15, 0.2) is 0 Å². The fourth-order valence-electron chi connectivity index (χ4n) is 1.05. The fraction of sp³-hybridized carbons (Fsp3) is 0.400. The van der Waals surface area contributed by atoms with Crippen LogP contribution in [0, 0.1) is 0 Å². The average molecular weight is 193 g/mol. The zero-order valence-electron chi connectivity index (χ0n) is 8.40. The van der Waals surface area contributed by atoms with Gasteiger partial charge in [-0.15, -0.1) is 0 Å². The Kier molecular flexibility index (Phi) is 3.59. The summed E-state index contributed by atoms with van der Waals surface area (Å²) in [6.07, 6.45) is 1.70. The number of hydrogen-bond donors (Lipinski definition) is 2. The van der Waals surface area contributed by atoms with E-state index in [2.05, 4.69) is 10.3 Å². The second kappa shape index (κ2) is 4.72. The normalized spacial score (nSPS) is 14.5. The zero-order chi connectivity index (χ0) is 10.6. The Bertz CT molecular complexity index is 297. The molecule has 3 N–H and O–H groups in total. The molecule has 1 amide bonds. The molecule has 0 aliphatic heterocycles. The first-order valence-corrected chi connectivity index (χ1v) is 4.58. The molecule has 0 aliphatic carbocycles. The van der Waals surface area contributed by atoms with Crippen molar-refractivity contribution in [1.29, 1.82) is 0 Å². The number of aromatic nitrogens is 1. The van der Waals surface area contributed by atoms with Gasteiger partial charge in [0.05, 0.1) is 17.8 Å². The lowest BCUT2D eigenvalue weighted by molar-refractivity contribution is -0.122. The van der Waals surface area contributed by atoms with Crippen LogP contribution in [0.3, 0.4) is 0 Å². The van der Waals surface area contributed by atoms with E-state index in [1.807, 2.05) is 25.1 Å². The largest absolute Gasteiger partial charge is 0.347 e. The number of pyridine rings is 1. The molecule has 4 heteroatoms. The molecule has 14 heavy (non-hydrogen) atoms. The maximum Gasteiger partial charge on any atom is 0.237 e. The van der Waals surface area contributed by atoms with Gasteiger partial charge in [-0.2, -0.15) is 0 Å². The molecular weight excluding hydrogens is 178 g/mol. The van der Waals surface area contributed by atoms with Gasteiger partial charge in [-0.3, -0.25) is 9.78 Å². The molecule has 0 bridgehead atoms. The Morgan fingerprint density at radius 3 is 2.71 bits per heavy atom. The van der Waals surface area contributed by atoms with Gasteiger partial charge in [0.2, 0.25) is 5.91 Å². The van der Waals surface area contributed by atoms with Gasteiger partial charge in [-0.05, 0) is 26.0 Å². The van der Waals surface area contributed by atoms with Crippen molar-refractivity contribution in [3.05, 3.63) is 30.1 Å². The Morgan fingerprint density at radius 1 is 1.50 bits per heavy atom. The van der Waals surface area contributed by atoms with E-state index >= 15 is 0 Å². The van der Waals surface area contributed by atoms with E-state index in [0.717, 1.165) is 5.69 Å². The number of hydrogen-bond acceptors (Lipinski definition) is 3. The number of rotatable bonds is 3. The van der Waals surface area contributed by atoms with Crippen LogP contribution in [0.25, 0.3) is 0 Å². The van der Waals surface area contributed by atoms with Crippen LogP contribution in [-0.2, 0) is 4.79 Å². The molecule has 0 aliphatic rings. The Labute approximate surface area is 83.5 Å². The quantitative estimate of drug-likeness (QED) is 0.739. The smallest absolute Gasteiger partial charge is 0.237 e. The molecule has 2 atom stereocenters. The summed E-state index contributed by atoms with van der Waals surface area (Å²) in [7, 11) is 0. The molecule has 0 radical (unpaired) electrons. The van der Waals surface area contributed by atoms with Crippen molar-refractivity contribution in [2.45, 2.75) is 25.9 Å². The predicted octanol–water partition coefficient (Wildman–Crippen LogP) is 0.606.